The minimum absolute atomic E-state index is 0.150. The van der Waals surface area contributed by atoms with E-state index in [4.69, 9.17) is 10.5 Å². The molecule has 1 amide bonds. The predicted octanol–water partition coefficient (Wildman–Crippen LogP) is 0.219. The van der Waals surface area contributed by atoms with Gasteiger partial charge in [0.15, 0.2) is 11.6 Å². The quantitative estimate of drug-likeness (QED) is 0.650. The summed E-state index contributed by atoms with van der Waals surface area (Å²) in [6, 6.07) is 0.845. The number of sulfonamides is 1. The van der Waals surface area contributed by atoms with Crippen LogP contribution < -0.4 is 20.5 Å². The molecule has 1 rings (SSSR count). The Morgan fingerprint density at radius 1 is 1.48 bits per heavy atom. The summed E-state index contributed by atoms with van der Waals surface area (Å²) in [7, 11) is -2.86. The molecule has 1 unspecified atom stereocenters. The van der Waals surface area contributed by atoms with Crippen LogP contribution in [0.2, 0.25) is 0 Å². The molecular formula is C12H18FN3O4S. The Morgan fingerprint density at radius 2 is 2.10 bits per heavy atom. The van der Waals surface area contributed by atoms with Crippen molar-refractivity contribution in [3.8, 4) is 5.75 Å². The standard InChI is InChI=1S/C12H18FN3O4S/c1-4-15-12(17)7(2)16-21(18,19)8-5-9(13)11(20-3)10(14)6-8/h5-7,16H,4,14H2,1-3H3,(H,15,17). The lowest BCUT2D eigenvalue weighted by atomic mass is 10.3. The molecule has 9 heteroatoms. The van der Waals surface area contributed by atoms with E-state index in [9.17, 15) is 17.6 Å². The summed E-state index contributed by atoms with van der Waals surface area (Å²) in [5.74, 6) is -1.61. The zero-order valence-electron chi connectivity index (χ0n) is 11.9. The van der Waals surface area contributed by atoms with E-state index < -0.39 is 27.8 Å². The predicted molar refractivity (Wildman–Crippen MR) is 75.8 cm³/mol. The van der Waals surface area contributed by atoms with Crippen LogP contribution in [0.5, 0.6) is 5.75 Å². The van der Waals surface area contributed by atoms with Crippen LogP contribution in [0.4, 0.5) is 10.1 Å². The van der Waals surface area contributed by atoms with Gasteiger partial charge in [-0.25, -0.2) is 12.8 Å². The van der Waals surface area contributed by atoms with E-state index in [-0.39, 0.29) is 16.3 Å². The third-order valence-electron chi connectivity index (χ3n) is 2.64. The van der Waals surface area contributed by atoms with Gasteiger partial charge in [0.2, 0.25) is 15.9 Å². The van der Waals surface area contributed by atoms with E-state index >= 15 is 0 Å². The molecule has 4 N–H and O–H groups in total. The smallest absolute Gasteiger partial charge is 0.241 e. The number of nitrogen functional groups attached to an aromatic ring is 1. The number of ether oxygens (including phenoxy) is 1. The maximum Gasteiger partial charge on any atom is 0.241 e. The molecule has 0 heterocycles. The summed E-state index contributed by atoms with van der Waals surface area (Å²) in [6.07, 6.45) is 0. The zero-order chi connectivity index (χ0) is 16.2. The first kappa shape index (κ1) is 17.2. The number of likely N-dealkylation sites (N-methyl/N-ethyl adjacent to an activating group) is 1. The second kappa shape index (κ2) is 6.72. The topological polar surface area (TPSA) is 111 Å². The number of rotatable bonds is 6. The van der Waals surface area contributed by atoms with Gasteiger partial charge in [-0.05, 0) is 26.0 Å². The molecular weight excluding hydrogens is 301 g/mol. The van der Waals surface area contributed by atoms with Gasteiger partial charge in [0.05, 0.1) is 23.7 Å². The molecule has 7 nitrogen and oxygen atoms in total. The molecule has 0 saturated carbocycles. The molecule has 0 bridgehead atoms. The van der Waals surface area contributed by atoms with Gasteiger partial charge < -0.3 is 15.8 Å². The Kier molecular flexibility index (Phi) is 5.50. The average Bonchev–Trinajstić information content (AvgIpc) is 2.38. The van der Waals surface area contributed by atoms with Gasteiger partial charge in [0.25, 0.3) is 0 Å². The number of nitrogens with one attached hydrogen (secondary N) is 2. The van der Waals surface area contributed by atoms with Crippen molar-refractivity contribution in [1.82, 2.24) is 10.0 Å². The van der Waals surface area contributed by atoms with Gasteiger partial charge in [-0.15, -0.1) is 0 Å². The molecule has 0 saturated heterocycles. The van der Waals surface area contributed by atoms with Gasteiger partial charge in [0, 0.05) is 6.54 Å². The Morgan fingerprint density at radius 3 is 2.57 bits per heavy atom. The van der Waals surface area contributed by atoms with Crippen molar-refractivity contribution in [2.24, 2.45) is 0 Å². The monoisotopic (exact) mass is 319 g/mol. The number of carbonyl (C=O) groups excluding carboxylic acids is 1. The van der Waals surface area contributed by atoms with E-state index in [0.717, 1.165) is 12.1 Å². The molecule has 21 heavy (non-hydrogen) atoms. The SMILES string of the molecule is CCNC(=O)C(C)NS(=O)(=O)c1cc(N)c(OC)c(F)c1. The largest absolute Gasteiger partial charge is 0.492 e. The normalized spacial score (nSPS) is 12.8. The van der Waals surface area contributed by atoms with Crippen LogP contribution in [0.25, 0.3) is 0 Å². The van der Waals surface area contributed by atoms with Crippen molar-refractivity contribution in [2.75, 3.05) is 19.4 Å². The Balaban J connectivity index is 3.06. The number of benzene rings is 1. The molecule has 0 aliphatic heterocycles. The summed E-state index contributed by atoms with van der Waals surface area (Å²) < 4.78 is 44.7. The number of amides is 1. The molecule has 1 atom stereocenters. The fourth-order valence-corrected chi connectivity index (χ4v) is 2.89. The number of anilines is 1. The number of hydrogen-bond donors (Lipinski definition) is 3. The maximum atomic E-state index is 13.7. The van der Waals surface area contributed by atoms with Crippen LogP contribution in [-0.2, 0) is 14.8 Å². The lowest BCUT2D eigenvalue weighted by molar-refractivity contribution is -0.122. The molecule has 1 aromatic rings. The lowest BCUT2D eigenvalue weighted by Gasteiger charge is -2.15. The van der Waals surface area contributed by atoms with Crippen LogP contribution >= 0.6 is 0 Å². The second-order valence-electron chi connectivity index (χ2n) is 4.27. The van der Waals surface area contributed by atoms with Crippen LogP contribution in [0.15, 0.2) is 17.0 Å². The number of halogens is 1. The minimum atomic E-state index is -4.08. The second-order valence-corrected chi connectivity index (χ2v) is 5.98. The fourth-order valence-electron chi connectivity index (χ4n) is 1.64. The fraction of sp³-hybridized carbons (Fsp3) is 0.417. The minimum Gasteiger partial charge on any atom is -0.492 e. The summed E-state index contributed by atoms with van der Waals surface area (Å²) in [5.41, 5.74) is 5.38. The number of carbonyl (C=O) groups is 1. The van der Waals surface area contributed by atoms with Gasteiger partial charge in [-0.1, -0.05) is 0 Å². The van der Waals surface area contributed by atoms with Crippen LogP contribution in [0.3, 0.4) is 0 Å². The highest BCUT2D eigenvalue weighted by Crippen LogP contribution is 2.28. The molecule has 0 spiro atoms. The van der Waals surface area contributed by atoms with Crippen LogP contribution in [-0.4, -0.2) is 34.0 Å². The van der Waals surface area contributed by atoms with E-state index in [1.54, 1.807) is 6.92 Å². The van der Waals surface area contributed by atoms with Crippen molar-refractivity contribution in [3.05, 3.63) is 17.9 Å². The first-order valence-electron chi connectivity index (χ1n) is 6.16. The highest BCUT2D eigenvalue weighted by molar-refractivity contribution is 7.89. The molecule has 1 aromatic carbocycles. The third kappa shape index (κ3) is 4.05. The van der Waals surface area contributed by atoms with E-state index in [2.05, 4.69) is 10.0 Å². The number of methoxy groups -OCH3 is 1. The van der Waals surface area contributed by atoms with Crippen molar-refractivity contribution in [1.29, 1.82) is 0 Å². The van der Waals surface area contributed by atoms with Crippen molar-refractivity contribution in [2.45, 2.75) is 24.8 Å². The third-order valence-corrected chi connectivity index (χ3v) is 4.16. The summed E-state index contributed by atoms with van der Waals surface area (Å²) in [5, 5.41) is 2.48. The summed E-state index contributed by atoms with van der Waals surface area (Å²) >= 11 is 0. The lowest BCUT2D eigenvalue weighted by Crippen LogP contribution is -2.44. The Labute approximate surface area is 122 Å². The number of hydrogen-bond acceptors (Lipinski definition) is 5. The average molecular weight is 319 g/mol. The van der Waals surface area contributed by atoms with Gasteiger partial charge >= 0.3 is 0 Å². The Bertz CT molecular complexity index is 610. The van der Waals surface area contributed by atoms with Gasteiger partial charge in [0.1, 0.15) is 0 Å². The van der Waals surface area contributed by atoms with E-state index in [1.165, 1.54) is 14.0 Å². The van der Waals surface area contributed by atoms with Gasteiger partial charge in [-0.3, -0.25) is 4.79 Å². The Hall–Kier alpha value is -1.87. The van der Waals surface area contributed by atoms with E-state index in [0.29, 0.717) is 6.54 Å². The van der Waals surface area contributed by atoms with Crippen molar-refractivity contribution in [3.63, 3.8) is 0 Å². The first-order valence-corrected chi connectivity index (χ1v) is 7.64. The van der Waals surface area contributed by atoms with Crippen LogP contribution in [0.1, 0.15) is 13.8 Å². The maximum absolute atomic E-state index is 13.7. The van der Waals surface area contributed by atoms with Crippen molar-refractivity contribution >= 4 is 21.6 Å². The molecule has 118 valence electrons. The highest BCUT2D eigenvalue weighted by Gasteiger charge is 2.24. The van der Waals surface area contributed by atoms with Crippen molar-refractivity contribution < 1.29 is 22.3 Å². The number of nitrogens with two attached hydrogens (primary N) is 1. The first-order chi connectivity index (χ1) is 9.72. The molecule has 0 aromatic heterocycles. The van der Waals surface area contributed by atoms with E-state index in [1.807, 2.05) is 0 Å². The molecule has 0 fully saturated rings. The molecule has 0 aliphatic carbocycles. The van der Waals surface area contributed by atoms with Crippen LogP contribution in [0, 0.1) is 5.82 Å². The summed E-state index contributed by atoms with van der Waals surface area (Å²) in [6.45, 7) is 3.46. The highest BCUT2D eigenvalue weighted by atomic mass is 32.2. The molecule has 0 aliphatic rings. The molecule has 0 radical (unpaired) electrons. The van der Waals surface area contributed by atoms with Gasteiger partial charge in [-0.2, -0.15) is 4.72 Å². The zero-order valence-corrected chi connectivity index (χ0v) is 12.8. The summed E-state index contributed by atoms with van der Waals surface area (Å²) in [4.78, 5) is 11.1.